The van der Waals surface area contributed by atoms with Gasteiger partial charge in [0.1, 0.15) is 0 Å². The summed E-state index contributed by atoms with van der Waals surface area (Å²) in [6, 6.07) is 8.66. The van der Waals surface area contributed by atoms with Gasteiger partial charge in [-0.1, -0.05) is 29.8 Å². The molecule has 1 aromatic carbocycles. The van der Waals surface area contributed by atoms with Crippen LogP contribution in [0.15, 0.2) is 29.3 Å². The Balaban J connectivity index is 0.00000484. The van der Waals surface area contributed by atoms with Crippen molar-refractivity contribution in [2.75, 3.05) is 26.7 Å². The van der Waals surface area contributed by atoms with E-state index in [1.807, 2.05) is 0 Å². The summed E-state index contributed by atoms with van der Waals surface area (Å²) < 4.78 is 0. The Kier molecular flexibility index (Phi) is 10.5. The van der Waals surface area contributed by atoms with Crippen LogP contribution in [0.1, 0.15) is 38.8 Å². The summed E-state index contributed by atoms with van der Waals surface area (Å²) in [5.41, 5.74) is 2.73. The predicted octanol–water partition coefficient (Wildman–Crippen LogP) is 3.40. The molecule has 0 amide bonds. The van der Waals surface area contributed by atoms with Crippen molar-refractivity contribution in [1.29, 1.82) is 0 Å². The van der Waals surface area contributed by atoms with Gasteiger partial charge in [-0.3, -0.25) is 4.99 Å². The number of aliphatic imine (C=N–C) groups is 1. The van der Waals surface area contributed by atoms with E-state index in [1.165, 1.54) is 11.1 Å². The van der Waals surface area contributed by atoms with Crippen molar-refractivity contribution >= 4 is 29.9 Å². The summed E-state index contributed by atoms with van der Waals surface area (Å²) in [6.45, 7) is 14.1. The average molecular weight is 432 g/mol. The molecule has 2 N–H and O–H groups in total. The van der Waals surface area contributed by atoms with Crippen molar-refractivity contribution in [3.05, 3.63) is 35.4 Å². The third-order valence-electron chi connectivity index (χ3n) is 3.27. The molecule has 0 aliphatic heterocycles. The number of benzene rings is 1. The zero-order valence-corrected chi connectivity index (χ0v) is 17.8. The number of guanidine groups is 1. The monoisotopic (exact) mass is 432 g/mol. The van der Waals surface area contributed by atoms with Crippen LogP contribution in [0.5, 0.6) is 0 Å². The highest BCUT2D eigenvalue weighted by Crippen LogP contribution is 2.06. The molecule has 0 unspecified atom stereocenters. The fourth-order valence-electron chi connectivity index (χ4n) is 2.10. The van der Waals surface area contributed by atoms with Gasteiger partial charge >= 0.3 is 0 Å². The van der Waals surface area contributed by atoms with Gasteiger partial charge in [0.15, 0.2) is 5.96 Å². The van der Waals surface area contributed by atoms with Crippen molar-refractivity contribution < 1.29 is 0 Å². The molecular weight excluding hydrogens is 399 g/mol. The maximum atomic E-state index is 4.70. The Bertz CT molecular complexity index is 463. The Morgan fingerprint density at radius 2 is 1.78 bits per heavy atom. The molecule has 0 atom stereocenters. The first-order chi connectivity index (χ1) is 10.3. The minimum Gasteiger partial charge on any atom is -0.357 e. The summed E-state index contributed by atoms with van der Waals surface area (Å²) in [7, 11) is 2.08. The van der Waals surface area contributed by atoms with E-state index < -0.39 is 0 Å². The first-order valence-electron chi connectivity index (χ1n) is 8.12. The second-order valence-corrected chi connectivity index (χ2v) is 6.75. The number of hydrogen-bond donors (Lipinski definition) is 2. The molecule has 0 spiro atoms. The first kappa shape index (κ1) is 22.2. The lowest BCUT2D eigenvalue weighted by Gasteiger charge is -2.23. The standard InChI is InChI=1S/C18H32N4.HI/c1-7-19-17(20-12-13-21-18(3,4)5)22(6)14-16-10-8-15(2)9-11-16;/h8-11,21H,7,12-14H2,1-6H3,(H,19,20);1H. The Morgan fingerprint density at radius 3 is 2.30 bits per heavy atom. The smallest absolute Gasteiger partial charge is 0.194 e. The van der Waals surface area contributed by atoms with Crippen molar-refractivity contribution in [1.82, 2.24) is 15.5 Å². The highest BCUT2D eigenvalue weighted by atomic mass is 127. The zero-order chi connectivity index (χ0) is 16.6. The summed E-state index contributed by atoms with van der Waals surface area (Å²) in [6.07, 6.45) is 0. The third kappa shape index (κ3) is 9.81. The van der Waals surface area contributed by atoms with E-state index in [4.69, 9.17) is 4.99 Å². The molecule has 0 aromatic heterocycles. The maximum absolute atomic E-state index is 4.70. The van der Waals surface area contributed by atoms with Crippen LogP contribution in [-0.2, 0) is 6.54 Å². The Hall–Kier alpha value is -0.820. The predicted molar refractivity (Wildman–Crippen MR) is 112 cm³/mol. The summed E-state index contributed by atoms with van der Waals surface area (Å²) >= 11 is 0. The Labute approximate surface area is 159 Å². The van der Waals surface area contributed by atoms with Crippen LogP contribution >= 0.6 is 24.0 Å². The lowest BCUT2D eigenvalue weighted by Crippen LogP contribution is -2.40. The van der Waals surface area contributed by atoms with Crippen LogP contribution in [0.4, 0.5) is 0 Å². The van der Waals surface area contributed by atoms with E-state index >= 15 is 0 Å². The van der Waals surface area contributed by atoms with Gasteiger partial charge in [-0.2, -0.15) is 0 Å². The average Bonchev–Trinajstić information content (AvgIpc) is 2.43. The van der Waals surface area contributed by atoms with Gasteiger partial charge in [-0.05, 0) is 40.2 Å². The van der Waals surface area contributed by atoms with Gasteiger partial charge in [0.2, 0.25) is 0 Å². The highest BCUT2D eigenvalue weighted by Gasteiger charge is 2.09. The minimum atomic E-state index is 0. The van der Waals surface area contributed by atoms with Gasteiger partial charge in [0.05, 0.1) is 6.54 Å². The molecule has 0 aliphatic carbocycles. The number of hydrogen-bond acceptors (Lipinski definition) is 2. The lowest BCUT2D eigenvalue weighted by molar-refractivity contribution is 0.430. The van der Waals surface area contributed by atoms with Crippen LogP contribution in [-0.4, -0.2) is 43.1 Å². The Morgan fingerprint density at radius 1 is 1.17 bits per heavy atom. The van der Waals surface area contributed by atoms with Crippen molar-refractivity contribution in [3.8, 4) is 0 Å². The molecule has 0 saturated carbocycles. The maximum Gasteiger partial charge on any atom is 0.194 e. The molecule has 23 heavy (non-hydrogen) atoms. The van der Waals surface area contributed by atoms with Crippen LogP contribution in [0.2, 0.25) is 0 Å². The minimum absolute atomic E-state index is 0. The third-order valence-corrected chi connectivity index (χ3v) is 3.27. The second-order valence-electron chi connectivity index (χ2n) is 6.75. The zero-order valence-electron chi connectivity index (χ0n) is 15.4. The molecule has 0 heterocycles. The largest absolute Gasteiger partial charge is 0.357 e. The van der Waals surface area contributed by atoms with E-state index in [9.17, 15) is 0 Å². The molecule has 0 saturated heterocycles. The summed E-state index contributed by atoms with van der Waals surface area (Å²) in [4.78, 5) is 6.87. The van der Waals surface area contributed by atoms with Crippen molar-refractivity contribution in [3.63, 3.8) is 0 Å². The molecule has 132 valence electrons. The van der Waals surface area contributed by atoms with E-state index in [1.54, 1.807) is 0 Å². The van der Waals surface area contributed by atoms with Crippen LogP contribution < -0.4 is 10.6 Å². The normalized spacial score (nSPS) is 11.8. The van der Waals surface area contributed by atoms with E-state index in [-0.39, 0.29) is 29.5 Å². The number of nitrogens with zero attached hydrogens (tertiary/aromatic N) is 2. The van der Waals surface area contributed by atoms with Crippen molar-refractivity contribution in [2.45, 2.75) is 46.7 Å². The fraction of sp³-hybridized carbons (Fsp3) is 0.611. The van der Waals surface area contributed by atoms with E-state index in [0.29, 0.717) is 0 Å². The topological polar surface area (TPSA) is 39.7 Å². The second kappa shape index (κ2) is 10.9. The van der Waals surface area contributed by atoms with Gasteiger partial charge in [0.25, 0.3) is 0 Å². The number of nitrogens with one attached hydrogen (secondary N) is 2. The molecule has 0 fully saturated rings. The van der Waals surface area contributed by atoms with E-state index in [2.05, 4.69) is 81.5 Å². The van der Waals surface area contributed by atoms with Crippen molar-refractivity contribution in [2.24, 2.45) is 4.99 Å². The molecule has 0 radical (unpaired) electrons. The van der Waals surface area contributed by atoms with Crippen LogP contribution in [0.3, 0.4) is 0 Å². The molecule has 0 aliphatic rings. The molecule has 0 bridgehead atoms. The van der Waals surface area contributed by atoms with Gasteiger partial charge in [0, 0.05) is 32.2 Å². The first-order valence-corrected chi connectivity index (χ1v) is 8.12. The molecular formula is C18H33IN4. The highest BCUT2D eigenvalue weighted by molar-refractivity contribution is 14.0. The number of aryl methyl sites for hydroxylation is 1. The number of halogens is 1. The van der Waals surface area contributed by atoms with E-state index in [0.717, 1.165) is 32.1 Å². The molecule has 1 aromatic rings. The number of rotatable bonds is 6. The van der Waals surface area contributed by atoms with Crippen LogP contribution in [0, 0.1) is 6.92 Å². The fourth-order valence-corrected chi connectivity index (χ4v) is 2.10. The van der Waals surface area contributed by atoms with Crippen LogP contribution in [0.25, 0.3) is 0 Å². The lowest BCUT2D eigenvalue weighted by atomic mass is 10.1. The SMILES string of the molecule is CCNC(=NCCNC(C)(C)C)N(C)Cc1ccc(C)cc1.I. The molecule has 1 rings (SSSR count). The van der Waals surface area contributed by atoms with Gasteiger partial charge in [-0.15, -0.1) is 24.0 Å². The van der Waals surface area contributed by atoms with Gasteiger partial charge < -0.3 is 15.5 Å². The summed E-state index contributed by atoms with van der Waals surface area (Å²) in [5.74, 6) is 0.957. The quantitative estimate of drug-likeness (QED) is 0.313. The van der Waals surface area contributed by atoms with Gasteiger partial charge in [-0.25, -0.2) is 0 Å². The summed E-state index contributed by atoms with van der Waals surface area (Å²) in [5, 5.41) is 6.82. The molecule has 5 heteroatoms. The molecule has 4 nitrogen and oxygen atoms in total.